The van der Waals surface area contributed by atoms with Crippen LogP contribution in [-0.2, 0) is 6.54 Å². The van der Waals surface area contributed by atoms with Gasteiger partial charge in [-0.05, 0) is 35.9 Å². The number of aromatic nitrogens is 2. The van der Waals surface area contributed by atoms with Gasteiger partial charge in [0.15, 0.2) is 0 Å². The lowest BCUT2D eigenvalue weighted by atomic mass is 10.1. The van der Waals surface area contributed by atoms with Crippen molar-refractivity contribution in [2.24, 2.45) is 0 Å². The monoisotopic (exact) mass is 343 g/mol. The molecule has 5 heteroatoms. The highest BCUT2D eigenvalue weighted by molar-refractivity contribution is 9.10. The Morgan fingerprint density at radius 1 is 1.24 bits per heavy atom. The molecular formula is C16H14BrN3O. The van der Waals surface area contributed by atoms with Crippen molar-refractivity contribution in [1.82, 2.24) is 14.9 Å². The first-order chi connectivity index (χ1) is 10.1. The van der Waals surface area contributed by atoms with Crippen LogP contribution >= 0.6 is 15.9 Å². The summed E-state index contributed by atoms with van der Waals surface area (Å²) < 4.78 is 1.03. The Hall–Kier alpha value is -2.14. The highest BCUT2D eigenvalue weighted by Gasteiger charge is 2.13. The van der Waals surface area contributed by atoms with E-state index in [4.69, 9.17) is 0 Å². The van der Waals surface area contributed by atoms with E-state index in [0.29, 0.717) is 12.1 Å². The average molecular weight is 344 g/mol. The van der Waals surface area contributed by atoms with E-state index in [1.165, 1.54) is 0 Å². The van der Waals surface area contributed by atoms with Crippen molar-refractivity contribution in [3.8, 4) is 0 Å². The van der Waals surface area contributed by atoms with Gasteiger partial charge in [-0.3, -0.25) is 4.79 Å². The third-order valence-electron chi connectivity index (χ3n) is 3.35. The van der Waals surface area contributed by atoms with Crippen LogP contribution in [0.15, 0.2) is 53.3 Å². The second kappa shape index (κ2) is 5.69. The number of H-pyrrole nitrogens is 1. The summed E-state index contributed by atoms with van der Waals surface area (Å²) in [4.78, 5) is 21.4. The highest BCUT2D eigenvalue weighted by atomic mass is 79.9. The van der Waals surface area contributed by atoms with Gasteiger partial charge in [0.25, 0.3) is 5.91 Å². The summed E-state index contributed by atoms with van der Waals surface area (Å²) in [5, 5.41) is 0. The SMILES string of the molecule is CN(Cc1ccc(Br)cc1)C(=O)c1ccc2nc[nH]c2c1. The number of nitrogens with one attached hydrogen (secondary N) is 1. The molecule has 0 radical (unpaired) electrons. The number of carbonyl (C=O) groups excluding carboxylic acids is 1. The molecule has 0 atom stereocenters. The van der Waals surface area contributed by atoms with Gasteiger partial charge in [-0.25, -0.2) is 4.98 Å². The number of benzene rings is 2. The molecule has 0 bridgehead atoms. The number of hydrogen-bond donors (Lipinski definition) is 1. The number of hydrogen-bond acceptors (Lipinski definition) is 2. The number of amides is 1. The molecule has 21 heavy (non-hydrogen) atoms. The van der Waals surface area contributed by atoms with Crippen LogP contribution in [0.4, 0.5) is 0 Å². The Bertz CT molecular complexity index is 780. The van der Waals surface area contributed by atoms with Gasteiger partial charge in [0.05, 0.1) is 17.4 Å². The predicted octanol–water partition coefficient (Wildman–Crippen LogP) is 3.60. The molecule has 0 fully saturated rings. The quantitative estimate of drug-likeness (QED) is 0.789. The van der Waals surface area contributed by atoms with Crippen LogP contribution in [-0.4, -0.2) is 27.8 Å². The van der Waals surface area contributed by atoms with Gasteiger partial charge in [-0.2, -0.15) is 0 Å². The number of halogens is 1. The second-order valence-electron chi connectivity index (χ2n) is 4.92. The zero-order valence-electron chi connectivity index (χ0n) is 11.5. The number of fused-ring (bicyclic) bond motifs is 1. The van der Waals surface area contributed by atoms with Gasteiger partial charge in [0, 0.05) is 23.6 Å². The Labute approximate surface area is 130 Å². The Morgan fingerprint density at radius 3 is 2.76 bits per heavy atom. The zero-order chi connectivity index (χ0) is 14.8. The Kier molecular flexibility index (Phi) is 3.75. The first-order valence-corrected chi connectivity index (χ1v) is 7.36. The highest BCUT2D eigenvalue weighted by Crippen LogP contribution is 2.15. The van der Waals surface area contributed by atoms with E-state index in [1.807, 2.05) is 49.5 Å². The van der Waals surface area contributed by atoms with Crippen LogP contribution in [0.25, 0.3) is 11.0 Å². The number of nitrogens with zero attached hydrogens (tertiary/aromatic N) is 2. The summed E-state index contributed by atoms with van der Waals surface area (Å²) in [5.41, 5.74) is 3.49. The fourth-order valence-electron chi connectivity index (χ4n) is 2.22. The molecule has 4 nitrogen and oxygen atoms in total. The third-order valence-corrected chi connectivity index (χ3v) is 3.88. The molecule has 0 aliphatic heterocycles. The maximum absolute atomic E-state index is 12.5. The molecular weight excluding hydrogens is 330 g/mol. The predicted molar refractivity (Wildman–Crippen MR) is 86.0 cm³/mol. The lowest BCUT2D eigenvalue weighted by Gasteiger charge is -2.17. The van der Waals surface area contributed by atoms with Crippen molar-refractivity contribution in [3.05, 3.63) is 64.4 Å². The van der Waals surface area contributed by atoms with Crippen LogP contribution in [0, 0.1) is 0 Å². The number of imidazole rings is 1. The fraction of sp³-hybridized carbons (Fsp3) is 0.125. The summed E-state index contributed by atoms with van der Waals surface area (Å²) in [6, 6.07) is 13.5. The second-order valence-corrected chi connectivity index (χ2v) is 5.84. The summed E-state index contributed by atoms with van der Waals surface area (Å²) in [6.07, 6.45) is 1.63. The minimum Gasteiger partial charge on any atom is -0.345 e. The standard InChI is InChI=1S/C16H14BrN3O/c1-20(9-11-2-5-13(17)6-3-11)16(21)12-4-7-14-15(8-12)19-10-18-14/h2-8,10H,9H2,1H3,(H,18,19). The van der Waals surface area contributed by atoms with Gasteiger partial charge >= 0.3 is 0 Å². The van der Waals surface area contributed by atoms with Crippen molar-refractivity contribution in [2.45, 2.75) is 6.54 Å². The van der Waals surface area contributed by atoms with Gasteiger partial charge in [0.2, 0.25) is 0 Å². The van der Waals surface area contributed by atoms with E-state index in [-0.39, 0.29) is 5.91 Å². The van der Waals surface area contributed by atoms with E-state index < -0.39 is 0 Å². The van der Waals surface area contributed by atoms with Crippen LogP contribution in [0.2, 0.25) is 0 Å². The molecule has 0 unspecified atom stereocenters. The van der Waals surface area contributed by atoms with Crippen molar-refractivity contribution in [2.75, 3.05) is 7.05 Å². The van der Waals surface area contributed by atoms with Gasteiger partial charge in [-0.1, -0.05) is 28.1 Å². The summed E-state index contributed by atoms with van der Waals surface area (Å²) >= 11 is 3.41. The molecule has 2 aromatic carbocycles. The third kappa shape index (κ3) is 2.97. The smallest absolute Gasteiger partial charge is 0.253 e. The Balaban J connectivity index is 1.78. The van der Waals surface area contributed by atoms with Crippen molar-refractivity contribution in [1.29, 1.82) is 0 Å². The van der Waals surface area contributed by atoms with Crippen molar-refractivity contribution >= 4 is 32.9 Å². The maximum Gasteiger partial charge on any atom is 0.253 e. The van der Waals surface area contributed by atoms with E-state index in [0.717, 1.165) is 21.1 Å². The molecule has 1 aromatic heterocycles. The van der Waals surface area contributed by atoms with E-state index in [2.05, 4.69) is 25.9 Å². The maximum atomic E-state index is 12.5. The molecule has 1 N–H and O–H groups in total. The Morgan fingerprint density at radius 2 is 2.00 bits per heavy atom. The van der Waals surface area contributed by atoms with Crippen molar-refractivity contribution in [3.63, 3.8) is 0 Å². The molecule has 1 heterocycles. The molecule has 1 amide bonds. The van der Waals surface area contributed by atoms with Gasteiger partial charge in [-0.15, -0.1) is 0 Å². The number of aromatic amines is 1. The van der Waals surface area contributed by atoms with Crippen molar-refractivity contribution < 1.29 is 4.79 Å². The van der Waals surface area contributed by atoms with E-state index in [1.54, 1.807) is 11.2 Å². The summed E-state index contributed by atoms with van der Waals surface area (Å²) in [7, 11) is 1.81. The van der Waals surface area contributed by atoms with Crippen LogP contribution in [0.1, 0.15) is 15.9 Å². The average Bonchev–Trinajstić information content (AvgIpc) is 2.96. The first kappa shape index (κ1) is 13.8. The van der Waals surface area contributed by atoms with Crippen LogP contribution in [0.5, 0.6) is 0 Å². The lowest BCUT2D eigenvalue weighted by molar-refractivity contribution is 0.0785. The molecule has 0 aliphatic carbocycles. The minimum atomic E-state index is -0.00517. The molecule has 0 saturated carbocycles. The van der Waals surface area contributed by atoms with E-state index in [9.17, 15) is 4.79 Å². The molecule has 3 aromatic rings. The van der Waals surface area contributed by atoms with Gasteiger partial charge in [0.1, 0.15) is 0 Å². The van der Waals surface area contributed by atoms with Crippen LogP contribution < -0.4 is 0 Å². The first-order valence-electron chi connectivity index (χ1n) is 6.56. The topological polar surface area (TPSA) is 49.0 Å². The normalized spacial score (nSPS) is 10.8. The zero-order valence-corrected chi connectivity index (χ0v) is 13.1. The number of carbonyl (C=O) groups is 1. The molecule has 106 valence electrons. The summed E-state index contributed by atoms with van der Waals surface area (Å²) in [5.74, 6) is -0.00517. The lowest BCUT2D eigenvalue weighted by Crippen LogP contribution is -2.26. The molecule has 0 aliphatic rings. The minimum absolute atomic E-state index is 0.00517. The largest absolute Gasteiger partial charge is 0.345 e. The molecule has 0 saturated heterocycles. The van der Waals surface area contributed by atoms with Crippen LogP contribution in [0.3, 0.4) is 0 Å². The van der Waals surface area contributed by atoms with E-state index >= 15 is 0 Å². The number of rotatable bonds is 3. The molecule has 3 rings (SSSR count). The molecule has 0 spiro atoms. The fourth-order valence-corrected chi connectivity index (χ4v) is 2.49. The van der Waals surface area contributed by atoms with Gasteiger partial charge < -0.3 is 9.88 Å². The summed E-state index contributed by atoms with van der Waals surface area (Å²) in [6.45, 7) is 0.577.